The average Bonchev–Trinajstić information content (AvgIpc) is 2.84. The van der Waals surface area contributed by atoms with Crippen LogP contribution in [-0.2, 0) is 17.8 Å². The molecule has 0 spiro atoms. The second kappa shape index (κ2) is 5.69. The van der Waals surface area contributed by atoms with E-state index in [9.17, 15) is 4.79 Å². The number of fused-ring (bicyclic) bond motifs is 1. The molecule has 1 aliphatic heterocycles. The van der Waals surface area contributed by atoms with Crippen LogP contribution in [-0.4, -0.2) is 23.7 Å². The van der Waals surface area contributed by atoms with E-state index in [4.69, 9.17) is 9.26 Å². The van der Waals surface area contributed by atoms with Crippen molar-refractivity contribution in [3.8, 4) is 0 Å². The fourth-order valence-corrected chi connectivity index (χ4v) is 2.64. The number of carbonyl (C=O) groups is 1. The zero-order chi connectivity index (χ0) is 14.8. The predicted octanol–water partition coefficient (Wildman–Crippen LogP) is 2.16. The number of benzene rings is 1. The summed E-state index contributed by atoms with van der Waals surface area (Å²) < 4.78 is 10.8. The first-order valence-corrected chi connectivity index (χ1v) is 7.04. The number of nitrogens with one attached hydrogen (secondary N) is 1. The van der Waals surface area contributed by atoms with Crippen molar-refractivity contribution in [2.24, 2.45) is 0 Å². The largest absolute Gasteiger partial charge is 0.371 e. The van der Waals surface area contributed by atoms with Crippen LogP contribution in [0, 0.1) is 13.8 Å². The molecule has 0 aliphatic carbocycles. The van der Waals surface area contributed by atoms with E-state index in [1.807, 2.05) is 12.1 Å². The van der Waals surface area contributed by atoms with Crippen molar-refractivity contribution in [2.45, 2.75) is 33.0 Å². The van der Waals surface area contributed by atoms with Gasteiger partial charge in [0.15, 0.2) is 0 Å². The molecule has 0 saturated carbocycles. The second-order valence-corrected chi connectivity index (χ2v) is 5.32. The highest BCUT2D eigenvalue weighted by atomic mass is 16.5. The third-order valence-electron chi connectivity index (χ3n) is 3.79. The minimum atomic E-state index is -0.159. The third kappa shape index (κ3) is 2.83. The molecular formula is C16H18N2O3. The lowest BCUT2D eigenvalue weighted by Gasteiger charge is -2.25. The van der Waals surface area contributed by atoms with Crippen LogP contribution in [0.5, 0.6) is 0 Å². The Morgan fingerprint density at radius 1 is 1.33 bits per heavy atom. The van der Waals surface area contributed by atoms with Crippen molar-refractivity contribution in [2.75, 3.05) is 6.54 Å². The van der Waals surface area contributed by atoms with Gasteiger partial charge in [0, 0.05) is 13.0 Å². The highest BCUT2D eigenvalue weighted by Gasteiger charge is 2.22. The number of amides is 1. The molecule has 0 radical (unpaired) electrons. The van der Waals surface area contributed by atoms with E-state index in [0.717, 1.165) is 6.42 Å². The van der Waals surface area contributed by atoms with Crippen molar-refractivity contribution in [1.29, 1.82) is 0 Å². The van der Waals surface area contributed by atoms with Crippen LogP contribution in [0.2, 0.25) is 0 Å². The van der Waals surface area contributed by atoms with Gasteiger partial charge in [-0.1, -0.05) is 29.4 Å². The molecule has 5 heteroatoms. The van der Waals surface area contributed by atoms with E-state index in [1.165, 1.54) is 11.1 Å². The Morgan fingerprint density at radius 2 is 2.10 bits per heavy atom. The Bertz CT molecular complexity index is 644. The molecule has 21 heavy (non-hydrogen) atoms. The number of carbonyl (C=O) groups excluding carboxylic acids is 1. The van der Waals surface area contributed by atoms with Crippen LogP contribution in [0.15, 0.2) is 28.8 Å². The molecule has 1 aromatic carbocycles. The Kier molecular flexibility index (Phi) is 3.75. The standard InChI is InChI=1S/C16H18N2O3/c1-10-15(11(2)21-18-10)16(19)17-8-14-7-12-5-3-4-6-13(12)9-20-14/h3-6,14H,7-9H2,1-2H3,(H,17,19). The van der Waals surface area contributed by atoms with Gasteiger partial charge in [0.2, 0.25) is 0 Å². The van der Waals surface area contributed by atoms with Gasteiger partial charge in [-0.3, -0.25) is 4.79 Å². The lowest BCUT2D eigenvalue weighted by Crippen LogP contribution is -2.37. The molecule has 0 saturated heterocycles. The second-order valence-electron chi connectivity index (χ2n) is 5.32. The molecule has 1 unspecified atom stereocenters. The quantitative estimate of drug-likeness (QED) is 0.939. The topological polar surface area (TPSA) is 64.4 Å². The summed E-state index contributed by atoms with van der Waals surface area (Å²) in [7, 11) is 0. The molecule has 1 atom stereocenters. The molecule has 3 rings (SSSR count). The van der Waals surface area contributed by atoms with Crippen molar-refractivity contribution in [3.05, 3.63) is 52.4 Å². The summed E-state index contributed by atoms with van der Waals surface area (Å²) in [5.74, 6) is 0.383. The maximum atomic E-state index is 12.2. The van der Waals surface area contributed by atoms with Crippen LogP contribution in [0.3, 0.4) is 0 Å². The number of aromatic nitrogens is 1. The predicted molar refractivity (Wildman–Crippen MR) is 77.0 cm³/mol. The van der Waals surface area contributed by atoms with Crippen molar-refractivity contribution >= 4 is 5.91 Å². The van der Waals surface area contributed by atoms with E-state index >= 15 is 0 Å². The molecule has 1 aromatic heterocycles. The maximum Gasteiger partial charge on any atom is 0.256 e. The van der Waals surface area contributed by atoms with Gasteiger partial charge in [-0.25, -0.2) is 0 Å². The van der Waals surface area contributed by atoms with Crippen molar-refractivity contribution in [3.63, 3.8) is 0 Å². The summed E-state index contributed by atoms with van der Waals surface area (Å²) in [4.78, 5) is 12.2. The van der Waals surface area contributed by atoms with Gasteiger partial charge in [-0.15, -0.1) is 0 Å². The fraction of sp³-hybridized carbons (Fsp3) is 0.375. The number of hydrogen-bond donors (Lipinski definition) is 1. The highest BCUT2D eigenvalue weighted by molar-refractivity contribution is 5.96. The number of ether oxygens (including phenoxy) is 1. The van der Waals surface area contributed by atoms with Gasteiger partial charge in [0.05, 0.1) is 18.4 Å². The summed E-state index contributed by atoms with van der Waals surface area (Å²) >= 11 is 0. The van der Waals surface area contributed by atoms with Crippen LogP contribution in [0.1, 0.15) is 32.9 Å². The highest BCUT2D eigenvalue weighted by Crippen LogP contribution is 2.20. The average molecular weight is 286 g/mol. The molecular weight excluding hydrogens is 268 g/mol. The Hall–Kier alpha value is -2.14. The molecule has 110 valence electrons. The third-order valence-corrected chi connectivity index (χ3v) is 3.79. The number of rotatable bonds is 3. The van der Waals surface area contributed by atoms with Crippen LogP contribution < -0.4 is 5.32 Å². The normalized spacial score (nSPS) is 17.3. The summed E-state index contributed by atoms with van der Waals surface area (Å²) in [6.07, 6.45) is 0.822. The minimum absolute atomic E-state index is 0.00400. The van der Waals surface area contributed by atoms with Gasteiger partial charge >= 0.3 is 0 Å². The first kappa shape index (κ1) is 13.8. The van der Waals surface area contributed by atoms with Crippen molar-refractivity contribution < 1.29 is 14.1 Å². The first-order valence-electron chi connectivity index (χ1n) is 7.04. The van der Waals surface area contributed by atoms with Crippen LogP contribution in [0.25, 0.3) is 0 Å². The Labute approximate surface area is 123 Å². The molecule has 0 bridgehead atoms. The number of aryl methyl sites for hydroxylation is 2. The first-order chi connectivity index (χ1) is 10.1. The van der Waals surface area contributed by atoms with Gasteiger partial charge < -0.3 is 14.6 Å². The Balaban J connectivity index is 1.61. The van der Waals surface area contributed by atoms with Gasteiger partial charge in [0.1, 0.15) is 11.3 Å². The lowest BCUT2D eigenvalue weighted by atomic mass is 9.99. The van der Waals surface area contributed by atoms with E-state index < -0.39 is 0 Å². The summed E-state index contributed by atoms with van der Waals surface area (Å²) in [6.45, 7) is 4.58. The molecule has 1 aliphatic rings. The van der Waals surface area contributed by atoms with E-state index in [1.54, 1.807) is 13.8 Å². The molecule has 2 aromatic rings. The lowest BCUT2D eigenvalue weighted by molar-refractivity contribution is 0.0284. The van der Waals surface area contributed by atoms with Gasteiger partial charge in [0.25, 0.3) is 5.91 Å². The fourth-order valence-electron chi connectivity index (χ4n) is 2.64. The molecule has 2 heterocycles. The molecule has 0 fully saturated rings. The summed E-state index contributed by atoms with van der Waals surface area (Å²) in [5, 5.41) is 6.70. The van der Waals surface area contributed by atoms with E-state index in [2.05, 4.69) is 22.6 Å². The molecule has 1 N–H and O–H groups in total. The van der Waals surface area contributed by atoms with Crippen LogP contribution in [0.4, 0.5) is 0 Å². The van der Waals surface area contributed by atoms with E-state index in [-0.39, 0.29) is 12.0 Å². The van der Waals surface area contributed by atoms with Crippen molar-refractivity contribution in [1.82, 2.24) is 10.5 Å². The SMILES string of the molecule is Cc1noc(C)c1C(=O)NCC1Cc2ccccc2CO1. The zero-order valence-corrected chi connectivity index (χ0v) is 12.2. The monoisotopic (exact) mass is 286 g/mol. The number of nitrogens with zero attached hydrogens (tertiary/aromatic N) is 1. The van der Waals surface area contributed by atoms with Gasteiger partial charge in [-0.2, -0.15) is 0 Å². The summed E-state index contributed by atoms with van der Waals surface area (Å²) in [6, 6.07) is 8.24. The smallest absolute Gasteiger partial charge is 0.256 e. The summed E-state index contributed by atoms with van der Waals surface area (Å²) in [5.41, 5.74) is 3.65. The van der Waals surface area contributed by atoms with Gasteiger partial charge in [-0.05, 0) is 25.0 Å². The Morgan fingerprint density at radius 3 is 2.81 bits per heavy atom. The van der Waals surface area contributed by atoms with Crippen LogP contribution >= 0.6 is 0 Å². The maximum absolute atomic E-state index is 12.2. The molecule has 5 nitrogen and oxygen atoms in total. The minimum Gasteiger partial charge on any atom is -0.371 e. The molecule has 1 amide bonds. The zero-order valence-electron chi connectivity index (χ0n) is 12.2. The number of hydrogen-bond acceptors (Lipinski definition) is 4. The van der Waals surface area contributed by atoms with E-state index in [0.29, 0.717) is 30.2 Å².